The van der Waals surface area contributed by atoms with Gasteiger partial charge < -0.3 is 5.73 Å². The van der Waals surface area contributed by atoms with Crippen molar-refractivity contribution >= 4 is 27.3 Å². The molecule has 1 heterocycles. The summed E-state index contributed by atoms with van der Waals surface area (Å²) in [6.07, 6.45) is 0. The Labute approximate surface area is 105 Å². The highest BCUT2D eigenvalue weighted by atomic mass is 79.9. The van der Waals surface area contributed by atoms with Crippen LogP contribution in [0, 0.1) is 5.92 Å². The monoisotopic (exact) mass is 290 g/mol. The minimum Gasteiger partial charge on any atom is -0.329 e. The smallest absolute Gasteiger partial charge is 0.0328 e. The van der Waals surface area contributed by atoms with Gasteiger partial charge in [0.15, 0.2) is 0 Å². The Morgan fingerprint density at radius 1 is 1.53 bits per heavy atom. The fourth-order valence-corrected chi connectivity index (χ4v) is 3.27. The van der Waals surface area contributed by atoms with E-state index in [-0.39, 0.29) is 0 Å². The first-order valence-corrected chi connectivity index (χ1v) is 6.85. The molecule has 0 spiro atoms. The second-order valence-corrected chi connectivity index (χ2v) is 6.10. The van der Waals surface area contributed by atoms with Crippen LogP contribution in [0.15, 0.2) is 15.9 Å². The van der Waals surface area contributed by atoms with Gasteiger partial charge in [-0.25, -0.2) is 0 Å². The zero-order chi connectivity index (χ0) is 11.4. The van der Waals surface area contributed by atoms with E-state index >= 15 is 0 Å². The molecule has 15 heavy (non-hydrogen) atoms. The SMILES string of the molecule is CC(C)C(CN)N(C)Cc1cc(Br)cs1. The van der Waals surface area contributed by atoms with Crippen molar-refractivity contribution in [1.29, 1.82) is 0 Å². The fraction of sp³-hybridized carbons (Fsp3) is 0.636. The maximum Gasteiger partial charge on any atom is 0.0328 e. The van der Waals surface area contributed by atoms with Crippen molar-refractivity contribution in [3.8, 4) is 0 Å². The number of hydrogen-bond acceptors (Lipinski definition) is 3. The van der Waals surface area contributed by atoms with Gasteiger partial charge in [0.2, 0.25) is 0 Å². The number of hydrogen-bond donors (Lipinski definition) is 1. The average Bonchev–Trinajstić information content (AvgIpc) is 2.51. The molecule has 0 aliphatic carbocycles. The molecule has 0 aromatic carbocycles. The van der Waals surface area contributed by atoms with Crippen LogP contribution in [0.1, 0.15) is 18.7 Å². The van der Waals surface area contributed by atoms with Crippen molar-refractivity contribution in [2.45, 2.75) is 26.4 Å². The van der Waals surface area contributed by atoms with E-state index < -0.39 is 0 Å². The summed E-state index contributed by atoms with van der Waals surface area (Å²) in [7, 11) is 2.14. The minimum atomic E-state index is 0.464. The summed E-state index contributed by atoms with van der Waals surface area (Å²) < 4.78 is 1.17. The quantitative estimate of drug-likeness (QED) is 0.904. The van der Waals surface area contributed by atoms with Gasteiger partial charge in [-0.3, -0.25) is 4.90 Å². The number of nitrogens with zero attached hydrogens (tertiary/aromatic N) is 1. The van der Waals surface area contributed by atoms with Gasteiger partial charge in [-0.1, -0.05) is 13.8 Å². The summed E-state index contributed by atoms with van der Waals surface area (Å²) in [5, 5.41) is 2.12. The second kappa shape index (κ2) is 5.99. The van der Waals surface area contributed by atoms with Crippen molar-refractivity contribution < 1.29 is 0 Å². The second-order valence-electron chi connectivity index (χ2n) is 4.19. The van der Waals surface area contributed by atoms with E-state index in [1.54, 1.807) is 11.3 Å². The van der Waals surface area contributed by atoms with E-state index in [1.165, 1.54) is 9.35 Å². The first-order chi connectivity index (χ1) is 7.04. The van der Waals surface area contributed by atoms with Crippen LogP contribution in [0.3, 0.4) is 0 Å². The van der Waals surface area contributed by atoms with E-state index in [4.69, 9.17) is 5.73 Å². The van der Waals surface area contributed by atoms with Crippen molar-refractivity contribution in [3.05, 3.63) is 20.8 Å². The van der Waals surface area contributed by atoms with Crippen molar-refractivity contribution in [3.63, 3.8) is 0 Å². The molecule has 1 rings (SSSR count). The lowest BCUT2D eigenvalue weighted by molar-refractivity contribution is 0.191. The molecule has 0 aliphatic heterocycles. The molecule has 0 saturated heterocycles. The van der Waals surface area contributed by atoms with Crippen LogP contribution in [0.25, 0.3) is 0 Å². The maximum atomic E-state index is 5.79. The number of rotatable bonds is 5. The van der Waals surface area contributed by atoms with Gasteiger partial charge >= 0.3 is 0 Å². The predicted molar refractivity (Wildman–Crippen MR) is 71.2 cm³/mol. The van der Waals surface area contributed by atoms with Crippen LogP contribution >= 0.6 is 27.3 Å². The molecule has 2 nitrogen and oxygen atoms in total. The molecule has 0 aliphatic rings. The van der Waals surface area contributed by atoms with Crippen LogP contribution in [0.4, 0.5) is 0 Å². The van der Waals surface area contributed by atoms with Crippen molar-refractivity contribution in [2.75, 3.05) is 13.6 Å². The van der Waals surface area contributed by atoms with E-state index in [9.17, 15) is 0 Å². The third kappa shape index (κ3) is 3.87. The van der Waals surface area contributed by atoms with Crippen LogP contribution < -0.4 is 5.73 Å². The van der Waals surface area contributed by atoms with E-state index in [0.717, 1.165) is 13.1 Å². The molecule has 0 saturated carbocycles. The zero-order valence-corrected chi connectivity index (χ0v) is 11.9. The Morgan fingerprint density at radius 3 is 2.60 bits per heavy atom. The van der Waals surface area contributed by atoms with Gasteiger partial charge in [0.25, 0.3) is 0 Å². The van der Waals surface area contributed by atoms with Crippen molar-refractivity contribution in [2.24, 2.45) is 11.7 Å². The molecule has 1 atom stereocenters. The minimum absolute atomic E-state index is 0.464. The van der Waals surface area contributed by atoms with Gasteiger partial charge in [0.1, 0.15) is 0 Å². The summed E-state index contributed by atoms with van der Waals surface area (Å²) in [4.78, 5) is 3.71. The van der Waals surface area contributed by atoms with Crippen LogP contribution in [-0.4, -0.2) is 24.5 Å². The number of nitrogens with two attached hydrogens (primary N) is 1. The molecule has 2 N–H and O–H groups in total. The molecule has 0 fully saturated rings. The molecule has 1 aromatic heterocycles. The van der Waals surface area contributed by atoms with Crippen molar-refractivity contribution in [1.82, 2.24) is 4.90 Å². The van der Waals surface area contributed by atoms with Crippen LogP contribution in [-0.2, 0) is 6.54 Å². The summed E-state index contributed by atoms with van der Waals surface area (Å²) >= 11 is 5.26. The summed E-state index contributed by atoms with van der Waals surface area (Å²) in [5.41, 5.74) is 5.79. The number of thiophene rings is 1. The van der Waals surface area contributed by atoms with E-state index in [0.29, 0.717) is 12.0 Å². The molecule has 0 amide bonds. The highest BCUT2D eigenvalue weighted by Crippen LogP contribution is 2.22. The Kier molecular flexibility index (Phi) is 5.26. The van der Waals surface area contributed by atoms with E-state index in [2.05, 4.69) is 53.2 Å². The number of halogens is 1. The highest BCUT2D eigenvalue weighted by Gasteiger charge is 2.17. The Morgan fingerprint density at radius 2 is 2.20 bits per heavy atom. The van der Waals surface area contributed by atoms with Gasteiger partial charge in [-0.2, -0.15) is 0 Å². The number of likely N-dealkylation sites (N-methyl/N-ethyl adjacent to an activating group) is 1. The van der Waals surface area contributed by atoms with Gasteiger partial charge in [-0.05, 0) is 35.0 Å². The lowest BCUT2D eigenvalue weighted by Crippen LogP contribution is -2.41. The van der Waals surface area contributed by atoms with E-state index in [1.807, 2.05) is 0 Å². The molecular formula is C11H19BrN2S. The summed E-state index contributed by atoms with van der Waals surface area (Å²) in [6, 6.07) is 2.64. The molecule has 1 unspecified atom stereocenters. The maximum absolute atomic E-state index is 5.79. The van der Waals surface area contributed by atoms with Gasteiger partial charge in [0.05, 0.1) is 0 Å². The van der Waals surface area contributed by atoms with Gasteiger partial charge in [-0.15, -0.1) is 11.3 Å². The lowest BCUT2D eigenvalue weighted by Gasteiger charge is -2.29. The normalized spacial score (nSPS) is 13.8. The molecule has 1 aromatic rings. The standard InChI is InChI=1S/C11H19BrN2S/c1-8(2)11(5-13)14(3)6-10-4-9(12)7-15-10/h4,7-8,11H,5-6,13H2,1-3H3. The molecule has 0 radical (unpaired) electrons. The highest BCUT2D eigenvalue weighted by molar-refractivity contribution is 9.10. The topological polar surface area (TPSA) is 29.3 Å². The summed E-state index contributed by atoms with van der Waals surface area (Å²) in [6.45, 7) is 6.15. The average molecular weight is 291 g/mol. The predicted octanol–water partition coefficient (Wildman–Crippen LogP) is 2.93. The first-order valence-electron chi connectivity index (χ1n) is 5.17. The zero-order valence-electron chi connectivity index (χ0n) is 9.53. The Balaban J connectivity index is 2.57. The largest absolute Gasteiger partial charge is 0.329 e. The van der Waals surface area contributed by atoms with Gasteiger partial charge in [0, 0.05) is 33.9 Å². The fourth-order valence-electron chi connectivity index (χ4n) is 1.76. The molecule has 4 heteroatoms. The summed E-state index contributed by atoms with van der Waals surface area (Å²) in [5.74, 6) is 0.600. The Hall–Kier alpha value is 0.1000. The van der Waals surface area contributed by atoms with Crippen LogP contribution in [0.2, 0.25) is 0 Å². The molecular weight excluding hydrogens is 272 g/mol. The van der Waals surface area contributed by atoms with Crippen LogP contribution in [0.5, 0.6) is 0 Å². The molecule has 86 valence electrons. The first kappa shape index (κ1) is 13.2. The lowest BCUT2D eigenvalue weighted by atomic mass is 10.0. The Bertz CT molecular complexity index is 299. The third-order valence-corrected chi connectivity index (χ3v) is 4.29. The third-order valence-electron chi connectivity index (χ3n) is 2.60. The molecule has 0 bridgehead atoms.